The molecule has 1 fully saturated rings. The first-order valence-corrected chi connectivity index (χ1v) is 9.00. The zero-order valence-corrected chi connectivity index (χ0v) is 15.5. The average Bonchev–Trinajstić information content (AvgIpc) is 2.55. The molecule has 0 aromatic heterocycles. The maximum absolute atomic E-state index is 9.34. The molecule has 0 aliphatic carbocycles. The second kappa shape index (κ2) is 9.14. The first-order chi connectivity index (χ1) is 11.0. The van der Waals surface area contributed by atoms with Crippen LogP contribution >= 0.6 is 15.9 Å². The van der Waals surface area contributed by atoms with Gasteiger partial charge in [-0.05, 0) is 37.0 Å². The Morgan fingerprint density at radius 2 is 2.22 bits per heavy atom. The summed E-state index contributed by atoms with van der Waals surface area (Å²) in [5.41, 5.74) is 0.818. The van der Waals surface area contributed by atoms with Crippen LogP contribution < -0.4 is 0 Å². The first kappa shape index (κ1) is 18.9. The fourth-order valence-corrected chi connectivity index (χ4v) is 2.83. The Bertz CT molecular complexity index is 472. The van der Waals surface area contributed by atoms with E-state index in [1.165, 1.54) is 0 Å². The number of benzene rings is 1. The summed E-state index contributed by atoms with van der Waals surface area (Å²) in [6, 6.07) is 8.08. The third-order valence-electron chi connectivity index (χ3n) is 3.86. The van der Waals surface area contributed by atoms with E-state index in [1.807, 2.05) is 38.1 Å². The van der Waals surface area contributed by atoms with Gasteiger partial charge in [0.05, 0.1) is 19.8 Å². The van der Waals surface area contributed by atoms with Crippen molar-refractivity contribution in [1.82, 2.24) is 0 Å². The molecular formula is C18H27BrO4. The molecule has 130 valence electrons. The Morgan fingerprint density at radius 1 is 1.39 bits per heavy atom. The summed E-state index contributed by atoms with van der Waals surface area (Å²) in [7, 11) is 0. The maximum atomic E-state index is 9.34. The van der Waals surface area contributed by atoms with E-state index < -0.39 is 0 Å². The summed E-state index contributed by atoms with van der Waals surface area (Å²) < 4.78 is 18.7. The molecule has 1 heterocycles. The standard InChI is InChI=1S/C18H27BrO4/c1-18(2,12-20)13-21-11-16(14-6-5-7-15(19)10-14)23-17-8-3-4-9-22-17/h5-7,10,16-17,20H,3-4,8-9,11-13H2,1-2H3. The summed E-state index contributed by atoms with van der Waals surface area (Å²) in [6.07, 6.45) is 2.82. The fraction of sp³-hybridized carbons (Fsp3) is 0.667. The maximum Gasteiger partial charge on any atom is 0.158 e. The predicted octanol–water partition coefficient (Wildman–Crippen LogP) is 4.07. The molecule has 1 aliphatic rings. The molecule has 1 aromatic carbocycles. The lowest BCUT2D eigenvalue weighted by Gasteiger charge is -2.29. The number of aliphatic hydroxyl groups excluding tert-OH is 1. The molecule has 5 heteroatoms. The molecular weight excluding hydrogens is 360 g/mol. The molecule has 0 bridgehead atoms. The number of aliphatic hydroxyl groups is 1. The molecule has 0 radical (unpaired) electrons. The van der Waals surface area contributed by atoms with Gasteiger partial charge in [-0.1, -0.05) is 41.9 Å². The van der Waals surface area contributed by atoms with Crippen molar-refractivity contribution in [1.29, 1.82) is 0 Å². The van der Waals surface area contributed by atoms with Crippen molar-refractivity contribution in [3.05, 3.63) is 34.3 Å². The summed E-state index contributed by atoms with van der Waals surface area (Å²) in [6.45, 7) is 5.75. The lowest BCUT2D eigenvalue weighted by Crippen LogP contribution is -2.28. The van der Waals surface area contributed by atoms with Crippen LogP contribution in [0.15, 0.2) is 28.7 Å². The van der Waals surface area contributed by atoms with E-state index in [-0.39, 0.29) is 24.4 Å². The lowest BCUT2D eigenvalue weighted by molar-refractivity contribution is -0.201. The van der Waals surface area contributed by atoms with Crippen LogP contribution in [0.25, 0.3) is 0 Å². The van der Waals surface area contributed by atoms with Gasteiger partial charge in [0.25, 0.3) is 0 Å². The van der Waals surface area contributed by atoms with Crippen LogP contribution in [0.4, 0.5) is 0 Å². The minimum atomic E-state index is -0.247. The third-order valence-corrected chi connectivity index (χ3v) is 4.36. The lowest BCUT2D eigenvalue weighted by atomic mass is 9.96. The van der Waals surface area contributed by atoms with Gasteiger partial charge in [-0.3, -0.25) is 0 Å². The summed E-state index contributed by atoms with van der Waals surface area (Å²) in [4.78, 5) is 0. The van der Waals surface area contributed by atoms with Crippen molar-refractivity contribution in [2.45, 2.75) is 45.5 Å². The van der Waals surface area contributed by atoms with Crippen LogP contribution in [0.2, 0.25) is 0 Å². The Labute approximate surface area is 147 Å². The van der Waals surface area contributed by atoms with Crippen LogP contribution in [0, 0.1) is 5.41 Å². The van der Waals surface area contributed by atoms with Gasteiger partial charge in [0.1, 0.15) is 6.10 Å². The average molecular weight is 387 g/mol. The van der Waals surface area contributed by atoms with E-state index in [9.17, 15) is 5.11 Å². The van der Waals surface area contributed by atoms with Crippen molar-refractivity contribution in [3.63, 3.8) is 0 Å². The van der Waals surface area contributed by atoms with Crippen LogP contribution in [0.1, 0.15) is 44.8 Å². The topological polar surface area (TPSA) is 47.9 Å². The normalized spacial score (nSPS) is 20.4. The Hall–Kier alpha value is -0.460. The van der Waals surface area contributed by atoms with Crippen LogP contribution in [-0.2, 0) is 14.2 Å². The highest BCUT2D eigenvalue weighted by Crippen LogP contribution is 2.27. The molecule has 1 saturated heterocycles. The number of halogens is 1. The summed E-state index contributed by atoms with van der Waals surface area (Å²) >= 11 is 3.51. The molecule has 1 aliphatic heterocycles. The van der Waals surface area contributed by atoms with Gasteiger partial charge in [-0.15, -0.1) is 0 Å². The van der Waals surface area contributed by atoms with Gasteiger partial charge in [-0.2, -0.15) is 0 Å². The molecule has 0 amide bonds. The van der Waals surface area contributed by atoms with Gasteiger partial charge >= 0.3 is 0 Å². The molecule has 4 nitrogen and oxygen atoms in total. The zero-order chi connectivity index (χ0) is 16.7. The predicted molar refractivity (Wildman–Crippen MR) is 93.2 cm³/mol. The molecule has 23 heavy (non-hydrogen) atoms. The molecule has 0 spiro atoms. The fourth-order valence-electron chi connectivity index (χ4n) is 2.41. The highest BCUT2D eigenvalue weighted by Gasteiger charge is 2.23. The van der Waals surface area contributed by atoms with E-state index in [1.54, 1.807) is 0 Å². The third kappa shape index (κ3) is 6.51. The van der Waals surface area contributed by atoms with Crippen molar-refractivity contribution in [2.75, 3.05) is 26.4 Å². The van der Waals surface area contributed by atoms with Crippen LogP contribution in [-0.4, -0.2) is 37.8 Å². The van der Waals surface area contributed by atoms with Crippen LogP contribution in [0.3, 0.4) is 0 Å². The Morgan fingerprint density at radius 3 is 2.87 bits per heavy atom. The van der Waals surface area contributed by atoms with E-state index in [0.29, 0.717) is 13.2 Å². The molecule has 2 unspecified atom stereocenters. The highest BCUT2D eigenvalue weighted by molar-refractivity contribution is 9.10. The summed E-state index contributed by atoms with van der Waals surface area (Å²) in [5.74, 6) is 0. The molecule has 2 rings (SSSR count). The SMILES string of the molecule is CC(C)(CO)COCC(OC1CCCCO1)c1cccc(Br)c1. The quantitative estimate of drug-likeness (QED) is 0.731. The molecule has 1 aromatic rings. The van der Waals surface area contributed by atoms with Crippen molar-refractivity contribution in [3.8, 4) is 0 Å². The van der Waals surface area contributed by atoms with Crippen molar-refractivity contribution < 1.29 is 19.3 Å². The minimum Gasteiger partial charge on any atom is -0.396 e. The van der Waals surface area contributed by atoms with Gasteiger partial charge in [0, 0.05) is 16.5 Å². The summed E-state index contributed by atoms with van der Waals surface area (Å²) in [5, 5.41) is 9.34. The Balaban J connectivity index is 1.98. The largest absolute Gasteiger partial charge is 0.396 e. The molecule has 2 atom stereocenters. The van der Waals surface area contributed by atoms with E-state index >= 15 is 0 Å². The van der Waals surface area contributed by atoms with Crippen LogP contribution in [0.5, 0.6) is 0 Å². The molecule has 1 N–H and O–H groups in total. The first-order valence-electron chi connectivity index (χ1n) is 8.21. The minimum absolute atomic E-state index is 0.0984. The monoisotopic (exact) mass is 386 g/mol. The number of rotatable bonds is 8. The van der Waals surface area contributed by atoms with E-state index in [0.717, 1.165) is 35.9 Å². The number of hydrogen-bond acceptors (Lipinski definition) is 4. The highest BCUT2D eigenvalue weighted by atomic mass is 79.9. The van der Waals surface area contributed by atoms with E-state index in [4.69, 9.17) is 14.2 Å². The number of ether oxygens (including phenoxy) is 3. The Kier molecular flexibility index (Phi) is 7.50. The van der Waals surface area contributed by atoms with Gasteiger partial charge in [0.2, 0.25) is 0 Å². The van der Waals surface area contributed by atoms with Gasteiger partial charge in [-0.25, -0.2) is 0 Å². The van der Waals surface area contributed by atoms with Gasteiger partial charge < -0.3 is 19.3 Å². The smallest absolute Gasteiger partial charge is 0.158 e. The van der Waals surface area contributed by atoms with Gasteiger partial charge in [0.15, 0.2) is 6.29 Å². The second-order valence-corrected chi connectivity index (χ2v) is 7.73. The molecule has 0 saturated carbocycles. The second-order valence-electron chi connectivity index (χ2n) is 6.81. The number of hydrogen-bond donors (Lipinski definition) is 1. The van der Waals surface area contributed by atoms with Crippen molar-refractivity contribution in [2.24, 2.45) is 5.41 Å². The zero-order valence-electron chi connectivity index (χ0n) is 14.0. The van der Waals surface area contributed by atoms with Crippen molar-refractivity contribution >= 4 is 15.9 Å². The van der Waals surface area contributed by atoms with E-state index in [2.05, 4.69) is 15.9 Å².